The summed E-state index contributed by atoms with van der Waals surface area (Å²) in [4.78, 5) is 12.8. The second-order valence-electron chi connectivity index (χ2n) is 7.45. The van der Waals surface area contributed by atoms with Crippen molar-refractivity contribution in [1.82, 2.24) is 14.3 Å². The van der Waals surface area contributed by atoms with Gasteiger partial charge in [0, 0.05) is 15.7 Å². The number of carbonyl (C=O) groups is 1. The van der Waals surface area contributed by atoms with Crippen molar-refractivity contribution in [2.24, 2.45) is 0 Å². The molecule has 1 amide bonds. The molecule has 4 rings (SSSR count). The highest BCUT2D eigenvalue weighted by Gasteiger charge is 2.17. The van der Waals surface area contributed by atoms with E-state index in [1.807, 2.05) is 79.1 Å². The number of benzene rings is 3. The number of ether oxygens (including phenoxy) is 1. The minimum atomic E-state index is -0.216. The molecule has 0 atom stereocenters. The maximum Gasteiger partial charge on any atom is 0.246 e. The smallest absolute Gasteiger partial charge is 0.246 e. The second-order valence-corrected chi connectivity index (χ2v) is 8.73. The molecule has 3 aromatic carbocycles. The van der Waals surface area contributed by atoms with E-state index in [-0.39, 0.29) is 12.5 Å². The van der Waals surface area contributed by atoms with Crippen LogP contribution in [0.25, 0.3) is 17.1 Å². The van der Waals surface area contributed by atoms with Gasteiger partial charge in [-0.15, -0.1) is 0 Å². The summed E-state index contributed by atoms with van der Waals surface area (Å²) in [5.74, 6) is 1.22. The fourth-order valence-corrected chi connectivity index (χ4v) is 4.00. The first-order valence-corrected chi connectivity index (χ1v) is 11.7. The predicted molar refractivity (Wildman–Crippen MR) is 137 cm³/mol. The Kier molecular flexibility index (Phi) is 7.05. The lowest BCUT2D eigenvalue weighted by molar-refractivity contribution is -0.116. The van der Waals surface area contributed by atoms with E-state index in [4.69, 9.17) is 22.1 Å². The molecule has 6 nitrogen and oxygen atoms in total. The summed E-state index contributed by atoms with van der Waals surface area (Å²) in [6.45, 7) is 4.54. The normalized spacial score (nSPS) is 10.8. The first kappa shape index (κ1) is 22.9. The Bertz CT molecular complexity index is 1330. The predicted octanol–water partition coefficient (Wildman–Crippen LogP) is 6.18. The number of nitrogens with one attached hydrogen (secondary N) is 1. The third kappa shape index (κ3) is 5.40. The van der Waals surface area contributed by atoms with Gasteiger partial charge in [0.05, 0.1) is 12.3 Å². The van der Waals surface area contributed by atoms with Crippen LogP contribution < -0.4 is 10.1 Å². The highest BCUT2D eigenvalue weighted by atomic mass is 79.9. The van der Waals surface area contributed by atoms with Crippen molar-refractivity contribution in [3.05, 3.63) is 87.6 Å². The van der Waals surface area contributed by atoms with E-state index in [0.717, 1.165) is 27.0 Å². The third-order valence-corrected chi connectivity index (χ3v) is 5.87. The topological polar surface area (TPSA) is 61.1 Å². The molecule has 0 unspecified atom stereocenters. The lowest BCUT2D eigenvalue weighted by Gasteiger charge is -2.08. The first-order valence-electron chi connectivity index (χ1n) is 10.5. The Morgan fingerprint density at radius 3 is 2.48 bits per heavy atom. The molecule has 4 aromatic rings. The van der Waals surface area contributed by atoms with E-state index in [2.05, 4.69) is 21.2 Å². The second kappa shape index (κ2) is 10.1. The largest absolute Gasteiger partial charge is 0.494 e. The van der Waals surface area contributed by atoms with Gasteiger partial charge in [-0.1, -0.05) is 40.2 Å². The summed E-state index contributed by atoms with van der Waals surface area (Å²) >= 11 is 9.22. The number of hydrogen-bond acceptors (Lipinski definition) is 4. The third-order valence-electron chi connectivity index (χ3n) is 4.94. The number of amides is 1. The van der Waals surface area contributed by atoms with E-state index in [1.165, 1.54) is 0 Å². The Hall–Kier alpha value is -3.23. The standard InChI is InChI=1S/C25H23BrN4O2S/c1-3-32-22-13-11-20(12-14-22)27-23(31)16-29-25(33)30(21-6-4-5-17(2)15-21)24(28-29)18-7-9-19(26)10-8-18/h4-15H,3,16H2,1-2H3,(H,27,31). The van der Waals surface area contributed by atoms with Crippen molar-refractivity contribution in [1.29, 1.82) is 0 Å². The van der Waals surface area contributed by atoms with E-state index < -0.39 is 0 Å². The summed E-state index contributed by atoms with van der Waals surface area (Å²) in [5.41, 5.74) is 3.59. The molecule has 33 heavy (non-hydrogen) atoms. The van der Waals surface area contributed by atoms with Gasteiger partial charge in [0.1, 0.15) is 12.3 Å². The lowest BCUT2D eigenvalue weighted by Crippen LogP contribution is -2.19. The minimum Gasteiger partial charge on any atom is -0.494 e. The molecule has 0 fully saturated rings. The number of anilines is 1. The van der Waals surface area contributed by atoms with Gasteiger partial charge >= 0.3 is 0 Å². The number of carbonyl (C=O) groups excluding carboxylic acids is 1. The number of aryl methyl sites for hydroxylation is 1. The van der Waals surface area contributed by atoms with Crippen LogP contribution >= 0.6 is 28.1 Å². The van der Waals surface area contributed by atoms with Crippen molar-refractivity contribution >= 4 is 39.7 Å². The molecule has 0 saturated carbocycles. The quantitative estimate of drug-likeness (QED) is 0.294. The molecule has 0 radical (unpaired) electrons. The van der Waals surface area contributed by atoms with Crippen molar-refractivity contribution in [2.75, 3.05) is 11.9 Å². The van der Waals surface area contributed by atoms with E-state index >= 15 is 0 Å². The average molecular weight is 523 g/mol. The Morgan fingerprint density at radius 1 is 1.09 bits per heavy atom. The number of hydrogen-bond donors (Lipinski definition) is 1. The highest BCUT2D eigenvalue weighted by molar-refractivity contribution is 9.10. The Morgan fingerprint density at radius 2 is 1.82 bits per heavy atom. The van der Waals surface area contributed by atoms with Crippen molar-refractivity contribution in [3.8, 4) is 22.8 Å². The number of nitrogens with zero attached hydrogens (tertiary/aromatic N) is 3. The zero-order valence-corrected chi connectivity index (χ0v) is 20.7. The molecule has 1 heterocycles. The molecule has 0 spiro atoms. The molecule has 8 heteroatoms. The average Bonchev–Trinajstić information content (AvgIpc) is 3.11. The summed E-state index contributed by atoms with van der Waals surface area (Å²) in [5, 5.41) is 7.61. The van der Waals surface area contributed by atoms with E-state index in [0.29, 0.717) is 22.9 Å². The minimum absolute atomic E-state index is 0.00557. The molecule has 1 aromatic heterocycles. The van der Waals surface area contributed by atoms with Gasteiger partial charge in [-0.25, -0.2) is 4.68 Å². The van der Waals surface area contributed by atoms with Gasteiger partial charge in [0.25, 0.3) is 0 Å². The maximum atomic E-state index is 12.8. The van der Waals surface area contributed by atoms with Crippen LogP contribution in [0, 0.1) is 11.7 Å². The van der Waals surface area contributed by atoms with Crippen LogP contribution in [0.3, 0.4) is 0 Å². The molecule has 0 saturated heterocycles. The van der Waals surface area contributed by atoms with Crippen molar-refractivity contribution in [2.45, 2.75) is 20.4 Å². The molecule has 0 bridgehead atoms. The van der Waals surface area contributed by atoms with Crippen LogP contribution in [0.4, 0.5) is 5.69 Å². The number of halogens is 1. The van der Waals surface area contributed by atoms with E-state index in [9.17, 15) is 4.79 Å². The first-order chi connectivity index (χ1) is 15.9. The SMILES string of the molecule is CCOc1ccc(NC(=O)Cn2nc(-c3ccc(Br)cc3)n(-c3cccc(C)c3)c2=S)cc1. The zero-order chi connectivity index (χ0) is 23.4. The van der Waals surface area contributed by atoms with E-state index in [1.54, 1.807) is 16.8 Å². The molecule has 1 N–H and O–H groups in total. The fraction of sp³-hybridized carbons (Fsp3) is 0.160. The summed E-state index contributed by atoms with van der Waals surface area (Å²) in [6.07, 6.45) is 0. The van der Waals surface area contributed by atoms with Crippen LogP contribution in [-0.2, 0) is 11.3 Å². The van der Waals surface area contributed by atoms with Gasteiger partial charge in [0.15, 0.2) is 5.82 Å². The van der Waals surface area contributed by atoms with Gasteiger partial charge in [-0.3, -0.25) is 9.36 Å². The monoisotopic (exact) mass is 522 g/mol. The fourth-order valence-electron chi connectivity index (χ4n) is 3.43. The molecular formula is C25H23BrN4O2S. The highest BCUT2D eigenvalue weighted by Crippen LogP contribution is 2.25. The van der Waals surface area contributed by atoms with Gasteiger partial charge in [-0.2, -0.15) is 5.10 Å². The lowest BCUT2D eigenvalue weighted by atomic mass is 10.2. The Labute approximate surface area is 206 Å². The summed E-state index contributed by atoms with van der Waals surface area (Å²) < 4.78 is 10.3. The summed E-state index contributed by atoms with van der Waals surface area (Å²) in [7, 11) is 0. The van der Waals surface area contributed by atoms with Gasteiger partial charge < -0.3 is 10.1 Å². The molecule has 0 aliphatic carbocycles. The van der Waals surface area contributed by atoms with Crippen LogP contribution in [0.2, 0.25) is 0 Å². The maximum absolute atomic E-state index is 12.8. The molecule has 0 aliphatic heterocycles. The Balaban J connectivity index is 1.65. The zero-order valence-electron chi connectivity index (χ0n) is 18.3. The molecule has 168 valence electrons. The van der Waals surface area contributed by atoms with Crippen LogP contribution in [0.1, 0.15) is 12.5 Å². The molecule has 0 aliphatic rings. The van der Waals surface area contributed by atoms with Crippen LogP contribution in [0.15, 0.2) is 77.3 Å². The molecular weight excluding hydrogens is 500 g/mol. The number of rotatable bonds is 7. The van der Waals surface area contributed by atoms with Gasteiger partial charge in [0.2, 0.25) is 10.7 Å². The summed E-state index contributed by atoms with van der Waals surface area (Å²) in [6, 6.07) is 23.1. The van der Waals surface area contributed by atoms with Gasteiger partial charge in [-0.05, 0) is 80.2 Å². The van der Waals surface area contributed by atoms with Crippen LogP contribution in [-0.4, -0.2) is 26.9 Å². The van der Waals surface area contributed by atoms with Crippen molar-refractivity contribution in [3.63, 3.8) is 0 Å². The number of aromatic nitrogens is 3. The van der Waals surface area contributed by atoms with Crippen LogP contribution in [0.5, 0.6) is 5.75 Å². The van der Waals surface area contributed by atoms with Crippen molar-refractivity contribution < 1.29 is 9.53 Å².